The summed E-state index contributed by atoms with van der Waals surface area (Å²) in [4.78, 5) is 36.2. The van der Waals surface area contributed by atoms with E-state index < -0.39 is 8.38 Å². The van der Waals surface area contributed by atoms with Crippen molar-refractivity contribution < 1.29 is 9.79 Å². The quantitative estimate of drug-likeness (QED) is 0.590. The van der Waals surface area contributed by atoms with Gasteiger partial charge in [-0.25, -0.2) is 4.98 Å². The maximum absolute atomic E-state index is 12.8. The largest absolute Gasteiger partial charge is 0.345 e. The summed E-state index contributed by atoms with van der Waals surface area (Å²) in [6.45, 7) is 0. The molecular formula is C25H36N3O3P. The average molecular weight is 458 g/mol. The van der Waals surface area contributed by atoms with Crippen LogP contribution in [-0.4, -0.2) is 31.4 Å². The zero-order valence-corrected chi connectivity index (χ0v) is 19.7. The van der Waals surface area contributed by atoms with Gasteiger partial charge in [-0.15, -0.1) is 0 Å². The zero-order valence-electron chi connectivity index (χ0n) is 18.8. The molecule has 7 heteroatoms. The molecule has 3 atom stereocenters. The van der Waals surface area contributed by atoms with Crippen molar-refractivity contribution in [3.8, 4) is 0 Å². The van der Waals surface area contributed by atoms with Gasteiger partial charge in [0, 0.05) is 18.1 Å². The predicted molar refractivity (Wildman–Crippen MR) is 129 cm³/mol. The van der Waals surface area contributed by atoms with Gasteiger partial charge in [0.15, 0.2) is 5.44 Å². The van der Waals surface area contributed by atoms with Crippen LogP contribution >= 0.6 is 8.38 Å². The molecule has 0 spiro atoms. The second kappa shape index (κ2) is 9.89. The number of nitrogens with zero attached hydrogens (tertiary/aromatic N) is 2. The van der Waals surface area contributed by atoms with E-state index in [0.717, 1.165) is 43.0 Å². The Bertz CT molecular complexity index is 962. The van der Waals surface area contributed by atoms with Crippen LogP contribution in [0, 0.1) is 11.8 Å². The molecule has 2 saturated heterocycles. The summed E-state index contributed by atoms with van der Waals surface area (Å²) < 4.78 is 1.76. The Morgan fingerprint density at radius 3 is 2.06 bits per heavy atom. The van der Waals surface area contributed by atoms with Gasteiger partial charge < -0.3 is 19.7 Å². The normalized spacial score (nSPS) is 31.8. The fourth-order valence-electron chi connectivity index (χ4n) is 6.70. The highest BCUT2D eigenvalue weighted by molar-refractivity contribution is 7.53. The summed E-state index contributed by atoms with van der Waals surface area (Å²) in [7, 11) is -2.50. The third-order valence-corrected chi connectivity index (χ3v) is 8.81. The Balaban J connectivity index is 0.000000199. The standard InChI is InChI=1S/C16H20N3O3P.C9H16/c20-16-15(23(21)22)18-13-6-1-2-7-14(13)19(16)12-8-10-4-3-5-11(9-12)17-10;1-3-8-5-2-6-9(4-1)7-8/h1-2,6-7,10-12,17,21-22H,3-5,8-9H2;8-9H,1-7H2/t10-,11?,12?;/m0./s1. The molecule has 32 heavy (non-hydrogen) atoms. The van der Waals surface area contributed by atoms with Crippen molar-refractivity contribution >= 4 is 24.8 Å². The van der Waals surface area contributed by atoms with Crippen LogP contribution in [0.3, 0.4) is 0 Å². The van der Waals surface area contributed by atoms with Crippen LogP contribution in [0.1, 0.15) is 83.1 Å². The van der Waals surface area contributed by atoms with E-state index in [1.54, 1.807) is 36.7 Å². The van der Waals surface area contributed by atoms with E-state index in [1.165, 1.54) is 19.3 Å². The van der Waals surface area contributed by atoms with Gasteiger partial charge in [-0.2, -0.15) is 0 Å². The van der Waals surface area contributed by atoms with Crippen LogP contribution in [-0.2, 0) is 0 Å². The number of fused-ring (bicyclic) bond motifs is 5. The Morgan fingerprint density at radius 2 is 1.47 bits per heavy atom. The highest BCUT2D eigenvalue weighted by atomic mass is 31.2. The lowest BCUT2D eigenvalue weighted by Crippen LogP contribution is -2.51. The van der Waals surface area contributed by atoms with Crippen LogP contribution in [0.25, 0.3) is 11.0 Å². The lowest BCUT2D eigenvalue weighted by atomic mass is 9.72. The van der Waals surface area contributed by atoms with Crippen LogP contribution < -0.4 is 16.3 Å². The summed E-state index contributed by atoms with van der Waals surface area (Å²) in [5.74, 6) is 2.30. The molecule has 3 N–H and O–H groups in total. The first-order valence-corrected chi connectivity index (χ1v) is 13.8. The molecule has 4 bridgehead atoms. The molecule has 2 saturated carbocycles. The minimum Gasteiger partial charge on any atom is -0.345 e. The molecule has 1 aromatic carbocycles. The molecule has 2 aromatic rings. The summed E-state index contributed by atoms with van der Waals surface area (Å²) >= 11 is 0. The molecule has 6 nitrogen and oxygen atoms in total. The van der Waals surface area contributed by atoms with Crippen molar-refractivity contribution in [2.45, 2.75) is 95.2 Å². The number of rotatable bonds is 2. The second-order valence-electron chi connectivity index (χ2n) is 10.3. The van der Waals surface area contributed by atoms with Gasteiger partial charge >= 0.3 is 0 Å². The zero-order chi connectivity index (χ0) is 22.1. The molecule has 0 amide bonds. The van der Waals surface area contributed by atoms with Crippen molar-refractivity contribution in [1.82, 2.24) is 14.9 Å². The molecule has 4 fully saturated rings. The summed E-state index contributed by atoms with van der Waals surface area (Å²) in [5.41, 5.74) is 0.941. The van der Waals surface area contributed by atoms with E-state index in [1.807, 2.05) is 24.3 Å². The molecule has 3 heterocycles. The van der Waals surface area contributed by atoms with Crippen molar-refractivity contribution in [2.75, 3.05) is 0 Å². The first kappa shape index (κ1) is 22.5. The fourth-order valence-corrected chi connectivity index (χ4v) is 7.18. The van der Waals surface area contributed by atoms with E-state index in [9.17, 15) is 14.6 Å². The Kier molecular flexibility index (Phi) is 6.94. The summed E-state index contributed by atoms with van der Waals surface area (Å²) in [5, 5.41) is 3.63. The fraction of sp³-hybridized carbons (Fsp3) is 0.680. The number of benzene rings is 1. The van der Waals surface area contributed by atoms with Crippen LogP contribution in [0.2, 0.25) is 0 Å². The Labute approximate surface area is 191 Å². The molecule has 1 aromatic heterocycles. The van der Waals surface area contributed by atoms with Gasteiger partial charge in [0.05, 0.1) is 11.0 Å². The van der Waals surface area contributed by atoms with Gasteiger partial charge in [-0.05, 0) is 56.1 Å². The molecule has 2 unspecified atom stereocenters. The molecular weight excluding hydrogens is 421 g/mol. The Morgan fingerprint density at radius 1 is 0.875 bits per heavy atom. The van der Waals surface area contributed by atoms with Gasteiger partial charge in [-0.3, -0.25) is 4.79 Å². The lowest BCUT2D eigenvalue weighted by Gasteiger charge is -2.41. The molecule has 0 radical (unpaired) electrons. The summed E-state index contributed by atoms with van der Waals surface area (Å²) in [6, 6.07) is 8.42. The highest BCUT2D eigenvalue weighted by Gasteiger charge is 2.34. The smallest absolute Gasteiger partial charge is 0.282 e. The number of aromatic nitrogens is 2. The minimum absolute atomic E-state index is 0.0839. The molecule has 2 aliphatic carbocycles. The number of hydrogen-bond donors (Lipinski definition) is 3. The first-order chi connectivity index (χ1) is 15.6. The monoisotopic (exact) mass is 457 g/mol. The van der Waals surface area contributed by atoms with Crippen LogP contribution in [0.15, 0.2) is 29.1 Å². The van der Waals surface area contributed by atoms with E-state index >= 15 is 0 Å². The predicted octanol–water partition coefficient (Wildman–Crippen LogP) is 4.14. The third-order valence-electron chi connectivity index (χ3n) is 8.14. The maximum atomic E-state index is 12.8. The van der Waals surface area contributed by atoms with Gasteiger partial charge in [0.1, 0.15) is 0 Å². The molecule has 174 valence electrons. The van der Waals surface area contributed by atoms with E-state index in [-0.39, 0.29) is 17.0 Å². The van der Waals surface area contributed by atoms with Crippen molar-refractivity contribution in [2.24, 2.45) is 11.8 Å². The number of nitrogens with one attached hydrogen (secondary N) is 1. The number of piperidine rings is 2. The number of hydrogen-bond acceptors (Lipinski definition) is 5. The topological polar surface area (TPSA) is 87.4 Å². The lowest BCUT2D eigenvalue weighted by molar-refractivity contribution is 0.189. The van der Waals surface area contributed by atoms with Crippen molar-refractivity contribution in [3.63, 3.8) is 0 Å². The van der Waals surface area contributed by atoms with E-state index in [2.05, 4.69) is 10.3 Å². The van der Waals surface area contributed by atoms with Crippen molar-refractivity contribution in [3.05, 3.63) is 34.6 Å². The Hall–Kier alpha value is -1.33. The molecule has 2 aliphatic heterocycles. The number of para-hydroxylation sites is 2. The van der Waals surface area contributed by atoms with Crippen LogP contribution in [0.5, 0.6) is 0 Å². The minimum atomic E-state index is -2.50. The average Bonchev–Trinajstić information content (AvgIpc) is 2.79. The SMILES string of the molecule is C1CC2CCCC(C1)C2.O=c1c(P(O)O)nc2ccccc2n1C1CC2CCC[C@@H](C1)N2. The summed E-state index contributed by atoms with van der Waals surface area (Å²) in [6.07, 6.45) is 16.2. The maximum Gasteiger partial charge on any atom is 0.282 e. The van der Waals surface area contributed by atoms with E-state index in [4.69, 9.17) is 0 Å². The third kappa shape index (κ3) is 4.79. The van der Waals surface area contributed by atoms with Gasteiger partial charge in [0.25, 0.3) is 5.56 Å². The first-order valence-electron chi connectivity index (χ1n) is 12.5. The van der Waals surface area contributed by atoms with Gasteiger partial charge in [-0.1, -0.05) is 57.1 Å². The second-order valence-corrected chi connectivity index (χ2v) is 11.3. The highest BCUT2D eigenvalue weighted by Crippen LogP contribution is 2.39. The molecule has 6 rings (SSSR count). The molecule has 4 aliphatic rings. The van der Waals surface area contributed by atoms with Gasteiger partial charge in [0.2, 0.25) is 8.38 Å². The van der Waals surface area contributed by atoms with Crippen LogP contribution in [0.4, 0.5) is 0 Å². The van der Waals surface area contributed by atoms with Crippen molar-refractivity contribution in [1.29, 1.82) is 0 Å². The van der Waals surface area contributed by atoms with E-state index in [0.29, 0.717) is 17.6 Å².